The number of carbonyl (C=O) groups excluding carboxylic acids is 1. The normalized spacial score (nSPS) is 16.4. The Morgan fingerprint density at radius 3 is 2.58 bits per heavy atom. The Morgan fingerprint density at radius 2 is 1.92 bits per heavy atom. The Hall–Kier alpha value is -2.05. The van der Waals surface area contributed by atoms with E-state index in [0.29, 0.717) is 35.7 Å². The van der Waals surface area contributed by atoms with Crippen LogP contribution in [0.3, 0.4) is 0 Å². The lowest BCUT2D eigenvalue weighted by atomic mass is 10.1. The molecule has 2 aromatic carbocycles. The maximum absolute atomic E-state index is 12.4. The minimum Gasteiger partial charge on any atom is -0.352 e. The van der Waals surface area contributed by atoms with Gasteiger partial charge in [-0.1, -0.05) is 23.7 Å². The van der Waals surface area contributed by atoms with E-state index in [0.717, 1.165) is 11.1 Å². The number of fused-ring (bicyclic) bond motifs is 1. The van der Waals surface area contributed by atoms with Gasteiger partial charge in [0.2, 0.25) is 10.0 Å². The summed E-state index contributed by atoms with van der Waals surface area (Å²) in [6.45, 7) is 2.39. The molecule has 0 saturated heterocycles. The predicted molar refractivity (Wildman–Crippen MR) is 104 cm³/mol. The first-order chi connectivity index (χ1) is 12.3. The summed E-state index contributed by atoms with van der Waals surface area (Å²) < 4.78 is 25.3. The zero-order valence-corrected chi connectivity index (χ0v) is 16.3. The number of hydrogen-bond acceptors (Lipinski definition) is 3. The SMILES string of the molecule is C[C@@H]1Cc2cc(C(=O)NCCc3ccc(Cl)cc3)ccc2N1S(C)(=O)=O. The molecule has 0 radical (unpaired) electrons. The van der Waals surface area contributed by atoms with E-state index in [2.05, 4.69) is 5.32 Å². The van der Waals surface area contributed by atoms with Crippen LogP contribution in [0.5, 0.6) is 0 Å². The second-order valence-corrected chi connectivity index (χ2v) is 8.88. The molecule has 3 rings (SSSR count). The van der Waals surface area contributed by atoms with Gasteiger partial charge < -0.3 is 5.32 Å². The summed E-state index contributed by atoms with van der Waals surface area (Å²) in [6.07, 6.45) is 2.52. The Morgan fingerprint density at radius 1 is 1.23 bits per heavy atom. The van der Waals surface area contributed by atoms with Gasteiger partial charge in [-0.15, -0.1) is 0 Å². The fourth-order valence-corrected chi connectivity index (χ4v) is 4.71. The van der Waals surface area contributed by atoms with Crippen LogP contribution in [0.1, 0.15) is 28.4 Å². The van der Waals surface area contributed by atoms with E-state index in [1.165, 1.54) is 10.6 Å². The molecule has 0 saturated carbocycles. The average molecular weight is 393 g/mol. The van der Waals surface area contributed by atoms with Gasteiger partial charge in [0.15, 0.2) is 0 Å². The first-order valence-electron chi connectivity index (χ1n) is 8.40. The third kappa shape index (κ3) is 4.02. The number of amides is 1. The van der Waals surface area contributed by atoms with Crippen LogP contribution >= 0.6 is 11.6 Å². The second kappa shape index (κ2) is 7.29. The minimum atomic E-state index is -3.32. The molecule has 1 N–H and O–H groups in total. The fraction of sp³-hybridized carbons (Fsp3) is 0.316. The molecular weight excluding hydrogens is 372 g/mol. The van der Waals surface area contributed by atoms with Gasteiger partial charge in [-0.3, -0.25) is 9.10 Å². The zero-order valence-electron chi connectivity index (χ0n) is 14.7. The molecule has 1 amide bonds. The lowest BCUT2D eigenvalue weighted by Gasteiger charge is -2.21. The summed E-state index contributed by atoms with van der Waals surface area (Å²) >= 11 is 5.86. The number of carbonyl (C=O) groups is 1. The van der Waals surface area contributed by atoms with E-state index >= 15 is 0 Å². The molecule has 26 heavy (non-hydrogen) atoms. The second-order valence-electron chi connectivity index (χ2n) is 6.59. The van der Waals surface area contributed by atoms with Crippen molar-refractivity contribution in [3.8, 4) is 0 Å². The predicted octanol–water partition coefficient (Wildman–Crippen LogP) is 3.02. The third-order valence-electron chi connectivity index (χ3n) is 4.46. The molecule has 138 valence electrons. The zero-order chi connectivity index (χ0) is 18.9. The molecule has 2 aromatic rings. The lowest BCUT2D eigenvalue weighted by Crippen LogP contribution is -2.34. The maximum Gasteiger partial charge on any atom is 0.251 e. The third-order valence-corrected chi connectivity index (χ3v) is 5.99. The van der Waals surface area contributed by atoms with Gasteiger partial charge in [0.25, 0.3) is 5.91 Å². The fourth-order valence-electron chi connectivity index (χ4n) is 3.32. The van der Waals surface area contributed by atoms with E-state index in [9.17, 15) is 13.2 Å². The van der Waals surface area contributed by atoms with Gasteiger partial charge >= 0.3 is 0 Å². The number of anilines is 1. The highest BCUT2D eigenvalue weighted by Crippen LogP contribution is 2.34. The number of halogens is 1. The van der Waals surface area contributed by atoms with Crippen LogP contribution < -0.4 is 9.62 Å². The molecule has 0 fully saturated rings. The van der Waals surface area contributed by atoms with Crippen molar-refractivity contribution in [2.75, 3.05) is 17.1 Å². The van der Waals surface area contributed by atoms with Gasteiger partial charge in [0.05, 0.1) is 11.9 Å². The van der Waals surface area contributed by atoms with Gasteiger partial charge in [0.1, 0.15) is 0 Å². The van der Waals surface area contributed by atoms with Gasteiger partial charge in [0, 0.05) is 23.2 Å². The van der Waals surface area contributed by atoms with E-state index < -0.39 is 10.0 Å². The van der Waals surface area contributed by atoms with Crippen LogP contribution in [-0.2, 0) is 22.9 Å². The van der Waals surface area contributed by atoms with Crippen LogP contribution in [0.4, 0.5) is 5.69 Å². The monoisotopic (exact) mass is 392 g/mol. The van der Waals surface area contributed by atoms with E-state index in [-0.39, 0.29) is 11.9 Å². The highest BCUT2D eigenvalue weighted by molar-refractivity contribution is 7.92. The van der Waals surface area contributed by atoms with Crippen LogP contribution in [0, 0.1) is 0 Å². The Kier molecular flexibility index (Phi) is 5.25. The summed E-state index contributed by atoms with van der Waals surface area (Å²) in [6, 6.07) is 12.6. The van der Waals surface area contributed by atoms with Crippen molar-refractivity contribution in [1.82, 2.24) is 5.32 Å². The molecule has 0 aliphatic carbocycles. The lowest BCUT2D eigenvalue weighted by molar-refractivity contribution is 0.0954. The van der Waals surface area contributed by atoms with E-state index in [1.54, 1.807) is 18.2 Å². The van der Waals surface area contributed by atoms with E-state index in [4.69, 9.17) is 11.6 Å². The number of sulfonamides is 1. The van der Waals surface area contributed by atoms with Crippen molar-refractivity contribution in [2.45, 2.75) is 25.8 Å². The first kappa shape index (κ1) is 18.7. The average Bonchev–Trinajstić information content (AvgIpc) is 2.91. The Bertz CT molecular complexity index is 926. The number of hydrogen-bond donors (Lipinski definition) is 1. The summed E-state index contributed by atoms with van der Waals surface area (Å²) in [7, 11) is -3.32. The molecule has 7 heteroatoms. The van der Waals surface area contributed by atoms with Crippen LogP contribution in [0.15, 0.2) is 42.5 Å². The molecule has 0 unspecified atom stereocenters. The molecule has 1 aliphatic rings. The van der Waals surface area contributed by atoms with Crippen molar-refractivity contribution in [3.63, 3.8) is 0 Å². The highest BCUT2D eigenvalue weighted by atomic mass is 35.5. The van der Waals surface area contributed by atoms with Crippen LogP contribution in [-0.4, -0.2) is 33.2 Å². The number of nitrogens with one attached hydrogen (secondary N) is 1. The first-order valence-corrected chi connectivity index (χ1v) is 10.6. The van der Waals surface area contributed by atoms with Crippen molar-refractivity contribution in [3.05, 3.63) is 64.2 Å². The van der Waals surface area contributed by atoms with Gasteiger partial charge in [-0.25, -0.2) is 8.42 Å². The van der Waals surface area contributed by atoms with Crippen molar-refractivity contribution < 1.29 is 13.2 Å². The summed E-state index contributed by atoms with van der Waals surface area (Å²) in [4.78, 5) is 12.4. The Labute approximate surface area is 159 Å². The summed E-state index contributed by atoms with van der Waals surface area (Å²) in [5.74, 6) is -0.160. The Balaban J connectivity index is 1.66. The summed E-state index contributed by atoms with van der Waals surface area (Å²) in [5, 5.41) is 3.59. The maximum atomic E-state index is 12.4. The van der Waals surface area contributed by atoms with Gasteiger partial charge in [-0.05, 0) is 61.2 Å². The molecule has 1 heterocycles. The summed E-state index contributed by atoms with van der Waals surface area (Å²) in [5.41, 5.74) is 3.19. The van der Waals surface area contributed by atoms with Gasteiger partial charge in [-0.2, -0.15) is 0 Å². The highest BCUT2D eigenvalue weighted by Gasteiger charge is 2.32. The minimum absolute atomic E-state index is 0.136. The van der Waals surface area contributed by atoms with Crippen molar-refractivity contribution in [1.29, 1.82) is 0 Å². The van der Waals surface area contributed by atoms with Crippen molar-refractivity contribution in [2.24, 2.45) is 0 Å². The topological polar surface area (TPSA) is 66.5 Å². The van der Waals surface area contributed by atoms with Crippen LogP contribution in [0.2, 0.25) is 5.02 Å². The molecule has 0 bridgehead atoms. The smallest absolute Gasteiger partial charge is 0.251 e. The van der Waals surface area contributed by atoms with Crippen LogP contribution in [0.25, 0.3) is 0 Å². The number of rotatable bonds is 5. The van der Waals surface area contributed by atoms with E-state index in [1.807, 2.05) is 31.2 Å². The molecule has 0 spiro atoms. The molecular formula is C19H21ClN2O3S. The standard InChI is InChI=1S/C19H21ClN2O3S/c1-13-11-16-12-15(5-8-18(16)22(13)26(2,24)25)19(23)21-10-9-14-3-6-17(20)7-4-14/h3-8,12-13H,9-11H2,1-2H3,(H,21,23)/t13-/m1/s1. The quantitative estimate of drug-likeness (QED) is 0.850. The largest absolute Gasteiger partial charge is 0.352 e. The molecule has 1 aliphatic heterocycles. The molecule has 1 atom stereocenters. The van der Waals surface area contributed by atoms with Crippen molar-refractivity contribution >= 4 is 33.2 Å². The molecule has 0 aromatic heterocycles. The number of nitrogens with zero attached hydrogens (tertiary/aromatic N) is 1. The number of benzene rings is 2. The molecule has 5 nitrogen and oxygen atoms in total.